The van der Waals surface area contributed by atoms with Gasteiger partial charge in [-0.1, -0.05) is 36.5 Å². The number of phenols is 1. The second-order valence-corrected chi connectivity index (χ2v) is 6.71. The summed E-state index contributed by atoms with van der Waals surface area (Å²) in [5.41, 5.74) is 0. The van der Waals surface area contributed by atoms with E-state index in [0.29, 0.717) is 6.42 Å². The summed E-state index contributed by atoms with van der Waals surface area (Å²) in [5.74, 6) is -1.34. The molecule has 0 bridgehead atoms. The molecule has 6 nitrogen and oxygen atoms in total. The lowest BCUT2D eigenvalue weighted by atomic mass is 10.3. The predicted molar refractivity (Wildman–Crippen MR) is 79.2 cm³/mol. The molecule has 0 heterocycles. The van der Waals surface area contributed by atoms with Crippen molar-refractivity contribution in [3.63, 3.8) is 0 Å². The molecule has 0 saturated heterocycles. The summed E-state index contributed by atoms with van der Waals surface area (Å²) >= 11 is 11.3. The highest BCUT2D eigenvalue weighted by Crippen LogP contribution is 2.33. The van der Waals surface area contributed by atoms with Crippen molar-refractivity contribution in [2.75, 3.05) is 13.2 Å². The van der Waals surface area contributed by atoms with E-state index in [9.17, 15) is 18.3 Å². The van der Waals surface area contributed by atoms with Crippen LogP contribution in [0.25, 0.3) is 0 Å². The zero-order valence-corrected chi connectivity index (χ0v) is 13.6. The first-order valence-corrected chi connectivity index (χ1v) is 8.35. The molecule has 0 fully saturated rings. The van der Waals surface area contributed by atoms with Gasteiger partial charge in [0, 0.05) is 5.02 Å². The van der Waals surface area contributed by atoms with Crippen molar-refractivity contribution in [2.45, 2.75) is 24.7 Å². The van der Waals surface area contributed by atoms with Gasteiger partial charge in [-0.3, -0.25) is 4.79 Å². The van der Waals surface area contributed by atoms with Gasteiger partial charge in [-0.25, -0.2) is 8.42 Å². The van der Waals surface area contributed by atoms with Gasteiger partial charge in [-0.05, 0) is 18.6 Å². The highest BCUT2D eigenvalue weighted by Gasteiger charge is 2.22. The number of carbonyl (C=O) groups is 1. The van der Waals surface area contributed by atoms with Crippen LogP contribution >= 0.6 is 23.2 Å². The average molecular weight is 356 g/mol. The Kier molecular flexibility index (Phi) is 6.73. The first-order chi connectivity index (χ1) is 9.77. The van der Waals surface area contributed by atoms with Gasteiger partial charge in [0.05, 0.1) is 11.6 Å². The largest absolute Gasteiger partial charge is 0.505 e. The van der Waals surface area contributed by atoms with Crippen LogP contribution < -0.4 is 4.72 Å². The minimum atomic E-state index is -4.13. The average Bonchev–Trinajstić information content (AvgIpc) is 2.41. The van der Waals surface area contributed by atoms with Crippen molar-refractivity contribution >= 4 is 39.2 Å². The van der Waals surface area contributed by atoms with E-state index < -0.39 is 33.2 Å². The summed E-state index contributed by atoms with van der Waals surface area (Å²) in [4.78, 5) is 10.9. The molecule has 1 aromatic carbocycles. The van der Waals surface area contributed by atoms with Crippen LogP contribution in [0.3, 0.4) is 0 Å². The van der Waals surface area contributed by atoms with Gasteiger partial charge in [-0.2, -0.15) is 4.72 Å². The third-order valence-corrected chi connectivity index (χ3v) is 4.37. The number of halogens is 2. The van der Waals surface area contributed by atoms with Crippen LogP contribution in [0, 0.1) is 0 Å². The molecule has 0 atom stereocenters. The minimum Gasteiger partial charge on any atom is -0.505 e. The molecule has 0 aliphatic carbocycles. The van der Waals surface area contributed by atoms with Crippen molar-refractivity contribution in [3.05, 3.63) is 22.2 Å². The number of esters is 1. The SMILES string of the molecule is CCCCOC(=O)CNS(=O)(=O)c1cc(Cl)cc(Cl)c1O. The fraction of sp³-hybridized carbons (Fsp3) is 0.417. The molecule has 2 N–H and O–H groups in total. The molecule has 9 heteroatoms. The topological polar surface area (TPSA) is 92.7 Å². The Morgan fingerprint density at radius 2 is 2.05 bits per heavy atom. The maximum atomic E-state index is 12.0. The van der Waals surface area contributed by atoms with E-state index in [-0.39, 0.29) is 16.7 Å². The van der Waals surface area contributed by atoms with E-state index in [4.69, 9.17) is 27.9 Å². The minimum absolute atomic E-state index is 0.0451. The second kappa shape index (κ2) is 7.84. The summed E-state index contributed by atoms with van der Waals surface area (Å²) in [6.45, 7) is 1.61. The lowest BCUT2D eigenvalue weighted by molar-refractivity contribution is -0.142. The smallest absolute Gasteiger partial charge is 0.321 e. The molecule has 0 aromatic heterocycles. The number of rotatable bonds is 7. The number of carbonyl (C=O) groups excluding carboxylic acids is 1. The summed E-state index contributed by atoms with van der Waals surface area (Å²) in [5, 5.41) is 9.51. The van der Waals surface area contributed by atoms with Crippen LogP contribution in [0.2, 0.25) is 10.0 Å². The van der Waals surface area contributed by atoms with E-state index in [0.717, 1.165) is 12.5 Å². The van der Waals surface area contributed by atoms with E-state index in [2.05, 4.69) is 0 Å². The third kappa shape index (κ3) is 5.35. The molecule has 0 amide bonds. The lowest BCUT2D eigenvalue weighted by Gasteiger charge is -2.10. The van der Waals surface area contributed by atoms with Gasteiger partial charge in [0.25, 0.3) is 0 Å². The number of phenolic OH excluding ortho intramolecular Hbond substituents is 1. The Bertz CT molecular complexity index is 618. The number of benzene rings is 1. The zero-order valence-electron chi connectivity index (χ0n) is 11.2. The summed E-state index contributed by atoms with van der Waals surface area (Å²) < 4.78 is 30.8. The van der Waals surface area contributed by atoms with Gasteiger partial charge in [0.1, 0.15) is 11.4 Å². The fourth-order valence-corrected chi connectivity index (χ4v) is 3.08. The molecule has 1 aromatic rings. The van der Waals surface area contributed by atoms with Crippen LogP contribution in [-0.4, -0.2) is 32.6 Å². The summed E-state index contributed by atoms with van der Waals surface area (Å²) in [7, 11) is -4.13. The van der Waals surface area contributed by atoms with Gasteiger partial charge in [0.2, 0.25) is 10.0 Å². The molecule has 0 saturated carbocycles. The van der Waals surface area contributed by atoms with Crippen LogP contribution in [0.4, 0.5) is 0 Å². The molecule has 118 valence electrons. The highest BCUT2D eigenvalue weighted by atomic mass is 35.5. The molecule has 0 aliphatic rings. The highest BCUT2D eigenvalue weighted by molar-refractivity contribution is 7.89. The van der Waals surface area contributed by atoms with Crippen LogP contribution in [0.1, 0.15) is 19.8 Å². The Labute approximate surface area is 133 Å². The van der Waals surface area contributed by atoms with Crippen molar-refractivity contribution in [3.8, 4) is 5.75 Å². The fourth-order valence-electron chi connectivity index (χ4n) is 1.36. The lowest BCUT2D eigenvalue weighted by Crippen LogP contribution is -2.31. The number of ether oxygens (including phenoxy) is 1. The molecule has 0 unspecified atom stereocenters. The number of aromatic hydroxyl groups is 1. The van der Waals surface area contributed by atoms with Gasteiger partial charge in [-0.15, -0.1) is 0 Å². The summed E-state index contributed by atoms with van der Waals surface area (Å²) in [6.07, 6.45) is 1.55. The Hall–Kier alpha value is -1.02. The Morgan fingerprint density at radius 1 is 1.38 bits per heavy atom. The first-order valence-electron chi connectivity index (χ1n) is 6.11. The number of unbranched alkanes of at least 4 members (excludes halogenated alkanes) is 1. The number of sulfonamides is 1. The van der Waals surface area contributed by atoms with Crippen molar-refractivity contribution < 1.29 is 23.1 Å². The first kappa shape index (κ1) is 18.0. The quantitative estimate of drug-likeness (QED) is 0.578. The van der Waals surface area contributed by atoms with Gasteiger partial charge < -0.3 is 9.84 Å². The maximum absolute atomic E-state index is 12.0. The molecule has 21 heavy (non-hydrogen) atoms. The molecule has 0 radical (unpaired) electrons. The summed E-state index contributed by atoms with van der Waals surface area (Å²) in [6, 6.07) is 2.24. The third-order valence-electron chi connectivity index (χ3n) is 2.45. The molecular weight excluding hydrogens is 341 g/mol. The standard InChI is InChI=1S/C12H15Cl2NO5S/c1-2-3-4-20-11(16)7-15-21(18,19)10-6-8(13)5-9(14)12(10)17/h5-6,15,17H,2-4,7H2,1H3. The van der Waals surface area contributed by atoms with Crippen LogP contribution in [0.5, 0.6) is 5.75 Å². The second-order valence-electron chi connectivity index (χ2n) is 4.13. The predicted octanol–water partition coefficient (Wildman–Crippen LogP) is 2.32. The number of hydrogen-bond donors (Lipinski definition) is 2. The van der Waals surface area contributed by atoms with Crippen LogP contribution in [-0.2, 0) is 19.6 Å². The van der Waals surface area contributed by atoms with E-state index in [1.165, 1.54) is 6.07 Å². The van der Waals surface area contributed by atoms with Crippen LogP contribution in [0.15, 0.2) is 17.0 Å². The molecular formula is C12H15Cl2NO5S. The molecule has 1 rings (SSSR count). The van der Waals surface area contributed by atoms with Crippen molar-refractivity contribution in [1.82, 2.24) is 4.72 Å². The van der Waals surface area contributed by atoms with E-state index in [1.807, 2.05) is 11.6 Å². The number of nitrogens with one attached hydrogen (secondary N) is 1. The maximum Gasteiger partial charge on any atom is 0.321 e. The number of hydrogen-bond acceptors (Lipinski definition) is 5. The van der Waals surface area contributed by atoms with Gasteiger partial charge >= 0.3 is 5.97 Å². The Balaban J connectivity index is 2.77. The van der Waals surface area contributed by atoms with Crippen molar-refractivity contribution in [2.24, 2.45) is 0 Å². The molecule has 0 spiro atoms. The monoisotopic (exact) mass is 355 g/mol. The zero-order chi connectivity index (χ0) is 16.0. The van der Waals surface area contributed by atoms with E-state index >= 15 is 0 Å². The van der Waals surface area contributed by atoms with Crippen molar-refractivity contribution in [1.29, 1.82) is 0 Å². The van der Waals surface area contributed by atoms with Gasteiger partial charge in [0.15, 0.2) is 5.75 Å². The Morgan fingerprint density at radius 3 is 2.67 bits per heavy atom. The normalized spacial score (nSPS) is 11.4. The van der Waals surface area contributed by atoms with E-state index in [1.54, 1.807) is 0 Å². The molecule has 0 aliphatic heterocycles.